The number of hydrogen-bond acceptors (Lipinski definition) is 3. The summed E-state index contributed by atoms with van der Waals surface area (Å²) in [4.78, 5) is 16.3. The Morgan fingerprint density at radius 2 is 1.74 bits per heavy atom. The number of methoxy groups -OCH3 is 1. The highest BCUT2D eigenvalue weighted by atomic mass is 16.5. The van der Waals surface area contributed by atoms with E-state index in [9.17, 15) is 4.79 Å². The van der Waals surface area contributed by atoms with Crippen molar-refractivity contribution < 1.29 is 9.53 Å². The Balaban J connectivity index is 1.48. The minimum absolute atomic E-state index is 0.193. The zero-order valence-electron chi connectivity index (χ0n) is 15.6. The van der Waals surface area contributed by atoms with Gasteiger partial charge in [-0.15, -0.1) is 0 Å². The third-order valence-electron chi connectivity index (χ3n) is 4.33. The molecule has 0 aliphatic rings. The SMILES string of the molecule is COc1ccc(CNC(=O)NCc2cccc(Cn3ccnc3C)c2)cc1. The van der Waals surface area contributed by atoms with Crippen LogP contribution in [0.2, 0.25) is 0 Å². The van der Waals surface area contributed by atoms with Gasteiger partial charge in [0.15, 0.2) is 0 Å². The number of nitrogens with zero attached hydrogens (tertiary/aromatic N) is 2. The van der Waals surface area contributed by atoms with Crippen molar-refractivity contribution >= 4 is 6.03 Å². The molecule has 0 saturated carbocycles. The number of urea groups is 1. The molecular formula is C21H24N4O2. The Morgan fingerprint density at radius 3 is 2.41 bits per heavy atom. The predicted molar refractivity (Wildman–Crippen MR) is 105 cm³/mol. The Hall–Kier alpha value is -3.28. The number of benzene rings is 2. The number of ether oxygens (including phenoxy) is 1. The lowest BCUT2D eigenvalue weighted by molar-refractivity contribution is 0.240. The van der Waals surface area contributed by atoms with Gasteiger partial charge in [-0.3, -0.25) is 0 Å². The van der Waals surface area contributed by atoms with E-state index in [0.717, 1.165) is 29.2 Å². The van der Waals surface area contributed by atoms with Gasteiger partial charge in [0, 0.05) is 32.0 Å². The van der Waals surface area contributed by atoms with Crippen LogP contribution in [0.4, 0.5) is 4.79 Å². The van der Waals surface area contributed by atoms with E-state index in [1.54, 1.807) is 13.3 Å². The fraction of sp³-hybridized carbons (Fsp3) is 0.238. The monoisotopic (exact) mass is 364 g/mol. The lowest BCUT2D eigenvalue weighted by atomic mass is 10.1. The van der Waals surface area contributed by atoms with Crippen LogP contribution >= 0.6 is 0 Å². The molecule has 6 heteroatoms. The summed E-state index contributed by atoms with van der Waals surface area (Å²) >= 11 is 0. The summed E-state index contributed by atoms with van der Waals surface area (Å²) in [5.74, 6) is 1.78. The Morgan fingerprint density at radius 1 is 1.04 bits per heavy atom. The first-order chi connectivity index (χ1) is 13.1. The average molecular weight is 364 g/mol. The van der Waals surface area contributed by atoms with Crippen molar-refractivity contribution in [2.24, 2.45) is 0 Å². The normalized spacial score (nSPS) is 10.4. The largest absolute Gasteiger partial charge is 0.497 e. The minimum atomic E-state index is -0.193. The molecule has 0 aliphatic heterocycles. The average Bonchev–Trinajstić information content (AvgIpc) is 3.10. The lowest BCUT2D eigenvalue weighted by Gasteiger charge is -2.10. The number of imidazole rings is 1. The fourth-order valence-electron chi connectivity index (χ4n) is 2.78. The Labute approximate surface area is 159 Å². The lowest BCUT2D eigenvalue weighted by Crippen LogP contribution is -2.34. The molecule has 3 aromatic rings. The molecule has 2 aromatic carbocycles. The van der Waals surface area contributed by atoms with Gasteiger partial charge in [-0.05, 0) is 35.7 Å². The number of carbonyl (C=O) groups excluding carboxylic acids is 1. The van der Waals surface area contributed by atoms with Gasteiger partial charge in [0.2, 0.25) is 0 Å². The first-order valence-corrected chi connectivity index (χ1v) is 8.84. The summed E-state index contributed by atoms with van der Waals surface area (Å²) in [6.45, 7) is 3.70. The van der Waals surface area contributed by atoms with Crippen molar-refractivity contribution in [3.8, 4) is 5.75 Å². The zero-order chi connectivity index (χ0) is 19.1. The molecule has 0 bridgehead atoms. The molecule has 140 valence electrons. The van der Waals surface area contributed by atoms with Crippen LogP contribution in [0.5, 0.6) is 5.75 Å². The molecule has 6 nitrogen and oxygen atoms in total. The maximum atomic E-state index is 12.0. The van der Waals surface area contributed by atoms with Gasteiger partial charge >= 0.3 is 6.03 Å². The van der Waals surface area contributed by atoms with Crippen LogP contribution in [0.15, 0.2) is 60.9 Å². The van der Waals surface area contributed by atoms with E-state index in [1.165, 1.54) is 5.56 Å². The zero-order valence-corrected chi connectivity index (χ0v) is 15.6. The molecule has 2 amide bonds. The van der Waals surface area contributed by atoms with Crippen molar-refractivity contribution in [3.63, 3.8) is 0 Å². The standard InChI is InChI=1S/C21H24N4O2/c1-16-22-10-11-25(16)15-19-5-3-4-18(12-19)14-24-21(26)23-13-17-6-8-20(27-2)9-7-17/h3-12H,13-15H2,1-2H3,(H2,23,24,26). The number of nitrogens with one attached hydrogen (secondary N) is 2. The fourth-order valence-corrected chi connectivity index (χ4v) is 2.78. The molecular weight excluding hydrogens is 340 g/mol. The first-order valence-electron chi connectivity index (χ1n) is 8.84. The molecule has 0 saturated heterocycles. The first kappa shape index (κ1) is 18.5. The van der Waals surface area contributed by atoms with Gasteiger partial charge in [-0.1, -0.05) is 36.4 Å². The summed E-state index contributed by atoms with van der Waals surface area (Å²) in [5.41, 5.74) is 3.25. The second kappa shape index (κ2) is 8.89. The molecule has 0 aliphatic carbocycles. The number of amides is 2. The van der Waals surface area contributed by atoms with E-state index in [1.807, 2.05) is 49.5 Å². The van der Waals surface area contributed by atoms with Crippen LogP contribution in [0.25, 0.3) is 0 Å². The maximum absolute atomic E-state index is 12.0. The van der Waals surface area contributed by atoms with Crippen LogP contribution in [0.1, 0.15) is 22.5 Å². The van der Waals surface area contributed by atoms with Crippen LogP contribution in [-0.4, -0.2) is 22.7 Å². The summed E-state index contributed by atoms with van der Waals surface area (Å²) in [6.07, 6.45) is 3.76. The molecule has 0 unspecified atom stereocenters. The number of hydrogen-bond donors (Lipinski definition) is 2. The number of aryl methyl sites for hydroxylation is 1. The van der Waals surface area contributed by atoms with Crippen molar-refractivity contribution in [2.75, 3.05) is 7.11 Å². The van der Waals surface area contributed by atoms with Crippen molar-refractivity contribution in [2.45, 2.75) is 26.6 Å². The molecule has 1 aromatic heterocycles. The van der Waals surface area contributed by atoms with Crippen LogP contribution in [0, 0.1) is 6.92 Å². The van der Waals surface area contributed by atoms with Crippen molar-refractivity contribution in [1.29, 1.82) is 0 Å². The van der Waals surface area contributed by atoms with E-state index in [-0.39, 0.29) is 6.03 Å². The smallest absolute Gasteiger partial charge is 0.315 e. The minimum Gasteiger partial charge on any atom is -0.497 e. The molecule has 27 heavy (non-hydrogen) atoms. The summed E-state index contributed by atoms with van der Waals surface area (Å²) in [5, 5.41) is 5.76. The number of rotatable bonds is 7. The van der Waals surface area contributed by atoms with Crippen molar-refractivity contribution in [1.82, 2.24) is 20.2 Å². The van der Waals surface area contributed by atoms with Gasteiger partial charge in [0.1, 0.15) is 11.6 Å². The molecule has 1 heterocycles. The Bertz CT molecular complexity index is 887. The van der Waals surface area contributed by atoms with E-state index in [4.69, 9.17) is 4.74 Å². The third-order valence-corrected chi connectivity index (χ3v) is 4.33. The highest BCUT2D eigenvalue weighted by Crippen LogP contribution is 2.11. The molecule has 0 atom stereocenters. The third kappa shape index (κ3) is 5.34. The van der Waals surface area contributed by atoms with E-state index < -0.39 is 0 Å². The van der Waals surface area contributed by atoms with Gasteiger partial charge < -0.3 is 19.9 Å². The second-order valence-electron chi connectivity index (χ2n) is 6.31. The highest BCUT2D eigenvalue weighted by Gasteiger charge is 2.03. The predicted octanol–water partition coefficient (Wildman–Crippen LogP) is 3.25. The van der Waals surface area contributed by atoms with Crippen molar-refractivity contribution in [3.05, 3.63) is 83.4 Å². The second-order valence-corrected chi connectivity index (χ2v) is 6.31. The van der Waals surface area contributed by atoms with E-state index in [0.29, 0.717) is 13.1 Å². The summed E-state index contributed by atoms with van der Waals surface area (Å²) in [6, 6.07) is 15.6. The molecule has 0 radical (unpaired) electrons. The Kier molecular flexibility index (Phi) is 6.10. The highest BCUT2D eigenvalue weighted by molar-refractivity contribution is 5.73. The van der Waals surface area contributed by atoms with E-state index in [2.05, 4.69) is 32.3 Å². The molecule has 0 fully saturated rings. The van der Waals surface area contributed by atoms with Gasteiger partial charge in [-0.2, -0.15) is 0 Å². The van der Waals surface area contributed by atoms with E-state index >= 15 is 0 Å². The molecule has 2 N–H and O–H groups in total. The van der Waals surface area contributed by atoms with Crippen LogP contribution in [-0.2, 0) is 19.6 Å². The number of aromatic nitrogens is 2. The van der Waals surface area contributed by atoms with Gasteiger partial charge in [-0.25, -0.2) is 9.78 Å². The quantitative estimate of drug-likeness (QED) is 0.676. The number of carbonyl (C=O) groups is 1. The van der Waals surface area contributed by atoms with Crippen LogP contribution < -0.4 is 15.4 Å². The summed E-state index contributed by atoms with van der Waals surface area (Å²) in [7, 11) is 1.63. The molecule has 3 rings (SSSR count). The molecule has 0 spiro atoms. The van der Waals surface area contributed by atoms with Gasteiger partial charge in [0.05, 0.1) is 7.11 Å². The summed E-state index contributed by atoms with van der Waals surface area (Å²) < 4.78 is 7.22. The maximum Gasteiger partial charge on any atom is 0.315 e. The topological polar surface area (TPSA) is 68.2 Å². The van der Waals surface area contributed by atoms with Crippen LogP contribution in [0.3, 0.4) is 0 Å². The van der Waals surface area contributed by atoms with Gasteiger partial charge in [0.25, 0.3) is 0 Å².